The van der Waals surface area contributed by atoms with Crippen LogP contribution in [-0.2, 0) is 13.6 Å². The minimum atomic E-state index is -0.0169. The molecule has 1 atom stereocenters. The van der Waals surface area contributed by atoms with Crippen molar-refractivity contribution >= 4 is 5.91 Å². The second-order valence-electron chi connectivity index (χ2n) is 7.06. The first kappa shape index (κ1) is 17.4. The minimum Gasteiger partial charge on any atom is -0.361 e. The van der Waals surface area contributed by atoms with Gasteiger partial charge in [0.2, 0.25) is 0 Å². The van der Waals surface area contributed by atoms with E-state index in [1.807, 2.05) is 27.3 Å². The van der Waals surface area contributed by atoms with Crippen LogP contribution >= 0.6 is 0 Å². The number of hydrogen-bond acceptors (Lipinski definition) is 6. The third kappa shape index (κ3) is 3.24. The summed E-state index contributed by atoms with van der Waals surface area (Å²) in [7, 11) is 1.98. The van der Waals surface area contributed by atoms with Crippen LogP contribution in [0, 0.1) is 13.8 Å². The summed E-state index contributed by atoms with van der Waals surface area (Å²) in [6.07, 6.45) is 7.33. The van der Waals surface area contributed by atoms with E-state index >= 15 is 0 Å². The number of aromatic nitrogens is 6. The fourth-order valence-electron chi connectivity index (χ4n) is 3.73. The fourth-order valence-corrected chi connectivity index (χ4v) is 3.73. The van der Waals surface area contributed by atoms with Crippen molar-refractivity contribution in [3.05, 3.63) is 47.4 Å². The smallest absolute Gasteiger partial charge is 0.259 e. The summed E-state index contributed by atoms with van der Waals surface area (Å²) in [6.45, 7) is 5.56. The van der Waals surface area contributed by atoms with Gasteiger partial charge in [-0.15, -0.1) is 10.2 Å². The Balaban J connectivity index is 1.52. The lowest BCUT2D eigenvalue weighted by Gasteiger charge is -2.32. The van der Waals surface area contributed by atoms with Crippen LogP contribution in [0.5, 0.6) is 0 Å². The Morgan fingerprint density at radius 1 is 1.33 bits per heavy atom. The summed E-state index contributed by atoms with van der Waals surface area (Å²) in [6, 6.07) is 0. The molecule has 1 unspecified atom stereocenters. The average Bonchev–Trinajstić information content (AvgIpc) is 3.38. The van der Waals surface area contributed by atoms with E-state index in [-0.39, 0.29) is 11.8 Å². The van der Waals surface area contributed by atoms with Crippen molar-refractivity contribution in [1.82, 2.24) is 34.4 Å². The standard InChI is InChI=1S/C18H23N7O2/c1-12-16(13(2)27-22-12)18(26)25-7-4-5-14(9-25)17-21-20-15(23(17)3)10-24-8-6-19-11-24/h6,8,11,14H,4-5,7,9-10H2,1-3H3. The fraction of sp³-hybridized carbons (Fsp3) is 0.500. The first-order valence-corrected chi connectivity index (χ1v) is 9.10. The summed E-state index contributed by atoms with van der Waals surface area (Å²) >= 11 is 0. The number of carbonyl (C=O) groups is 1. The molecule has 0 radical (unpaired) electrons. The topological polar surface area (TPSA) is 94.9 Å². The number of nitrogens with zero attached hydrogens (tertiary/aromatic N) is 7. The molecule has 1 aliphatic heterocycles. The molecule has 0 saturated carbocycles. The van der Waals surface area contributed by atoms with Crippen LogP contribution in [0.25, 0.3) is 0 Å². The molecule has 1 amide bonds. The van der Waals surface area contributed by atoms with Crippen LogP contribution in [0.1, 0.15) is 52.2 Å². The Morgan fingerprint density at radius 3 is 2.89 bits per heavy atom. The summed E-state index contributed by atoms with van der Waals surface area (Å²) in [5, 5.41) is 12.7. The van der Waals surface area contributed by atoms with Crippen molar-refractivity contribution in [3.8, 4) is 0 Å². The zero-order valence-corrected chi connectivity index (χ0v) is 15.8. The van der Waals surface area contributed by atoms with Crippen molar-refractivity contribution in [2.24, 2.45) is 7.05 Å². The number of aryl methyl sites for hydroxylation is 2. The Kier molecular flexibility index (Phi) is 4.51. The van der Waals surface area contributed by atoms with Gasteiger partial charge in [0.1, 0.15) is 17.1 Å². The molecule has 9 nitrogen and oxygen atoms in total. The third-order valence-corrected chi connectivity index (χ3v) is 5.20. The highest BCUT2D eigenvalue weighted by molar-refractivity contribution is 5.96. The lowest BCUT2D eigenvalue weighted by molar-refractivity contribution is 0.0701. The summed E-state index contributed by atoms with van der Waals surface area (Å²) < 4.78 is 9.16. The molecule has 1 saturated heterocycles. The molecular formula is C18H23N7O2. The monoisotopic (exact) mass is 369 g/mol. The quantitative estimate of drug-likeness (QED) is 0.694. The number of amides is 1. The zero-order chi connectivity index (χ0) is 19.0. The second kappa shape index (κ2) is 6.98. The number of hydrogen-bond donors (Lipinski definition) is 0. The van der Waals surface area contributed by atoms with Crippen LogP contribution in [0.4, 0.5) is 0 Å². The maximum absolute atomic E-state index is 13.0. The normalized spacial score (nSPS) is 17.4. The number of carbonyl (C=O) groups excluding carboxylic acids is 1. The highest BCUT2D eigenvalue weighted by Gasteiger charge is 2.31. The molecule has 0 aliphatic carbocycles. The van der Waals surface area contributed by atoms with E-state index in [1.165, 1.54) is 0 Å². The molecule has 3 aromatic rings. The largest absolute Gasteiger partial charge is 0.361 e. The van der Waals surface area contributed by atoms with E-state index in [0.717, 1.165) is 31.0 Å². The first-order valence-electron chi connectivity index (χ1n) is 9.10. The van der Waals surface area contributed by atoms with E-state index in [9.17, 15) is 4.79 Å². The molecule has 9 heteroatoms. The number of likely N-dealkylation sites (tertiary alicyclic amines) is 1. The zero-order valence-electron chi connectivity index (χ0n) is 15.8. The predicted molar refractivity (Wildman–Crippen MR) is 96.2 cm³/mol. The van der Waals surface area contributed by atoms with Gasteiger partial charge in [-0.3, -0.25) is 4.79 Å². The highest BCUT2D eigenvalue weighted by atomic mass is 16.5. The van der Waals surface area contributed by atoms with Crippen LogP contribution in [0.2, 0.25) is 0 Å². The Bertz CT molecular complexity index is 922. The Morgan fingerprint density at radius 2 is 2.19 bits per heavy atom. The summed E-state index contributed by atoms with van der Waals surface area (Å²) in [4.78, 5) is 18.9. The van der Waals surface area contributed by atoms with Gasteiger partial charge in [-0.25, -0.2) is 4.98 Å². The summed E-state index contributed by atoms with van der Waals surface area (Å²) in [5.41, 5.74) is 1.22. The van der Waals surface area contributed by atoms with Gasteiger partial charge >= 0.3 is 0 Å². The van der Waals surface area contributed by atoms with Crippen molar-refractivity contribution in [2.75, 3.05) is 13.1 Å². The predicted octanol–water partition coefficient (Wildman–Crippen LogP) is 1.68. The maximum Gasteiger partial charge on any atom is 0.259 e. The van der Waals surface area contributed by atoms with Gasteiger partial charge in [0.05, 0.1) is 18.6 Å². The third-order valence-electron chi connectivity index (χ3n) is 5.20. The van der Waals surface area contributed by atoms with E-state index in [4.69, 9.17) is 4.52 Å². The lowest BCUT2D eigenvalue weighted by atomic mass is 9.96. The molecule has 4 rings (SSSR count). The first-order chi connectivity index (χ1) is 13.0. The SMILES string of the molecule is Cc1noc(C)c1C(=O)N1CCCC(c2nnc(Cn3ccnc3)n2C)C1. The van der Waals surface area contributed by atoms with Crippen LogP contribution in [0.15, 0.2) is 23.2 Å². The number of imidazole rings is 1. The molecule has 0 aromatic carbocycles. The van der Waals surface area contributed by atoms with Crippen molar-refractivity contribution < 1.29 is 9.32 Å². The van der Waals surface area contributed by atoms with Gasteiger partial charge < -0.3 is 18.6 Å². The van der Waals surface area contributed by atoms with Crippen LogP contribution < -0.4 is 0 Å². The van der Waals surface area contributed by atoms with Crippen molar-refractivity contribution in [3.63, 3.8) is 0 Å². The van der Waals surface area contributed by atoms with Gasteiger partial charge in [-0.05, 0) is 26.7 Å². The summed E-state index contributed by atoms with van der Waals surface area (Å²) in [5.74, 6) is 2.51. The molecule has 4 heterocycles. The Labute approximate surface area is 157 Å². The highest BCUT2D eigenvalue weighted by Crippen LogP contribution is 2.28. The molecule has 0 bridgehead atoms. The van der Waals surface area contributed by atoms with Crippen molar-refractivity contribution in [1.29, 1.82) is 0 Å². The van der Waals surface area contributed by atoms with E-state index in [2.05, 4.69) is 20.3 Å². The number of rotatable bonds is 4. The molecule has 142 valence electrons. The van der Waals surface area contributed by atoms with Gasteiger partial charge in [0, 0.05) is 38.4 Å². The van der Waals surface area contributed by atoms with Crippen molar-refractivity contribution in [2.45, 2.75) is 39.2 Å². The molecule has 27 heavy (non-hydrogen) atoms. The molecule has 3 aromatic heterocycles. The molecule has 1 aliphatic rings. The molecule has 1 fully saturated rings. The van der Waals surface area contributed by atoms with E-state index < -0.39 is 0 Å². The average molecular weight is 369 g/mol. The maximum atomic E-state index is 13.0. The molecular weight excluding hydrogens is 346 g/mol. The van der Waals surface area contributed by atoms with Gasteiger partial charge in [0.25, 0.3) is 5.91 Å². The minimum absolute atomic E-state index is 0.0169. The van der Waals surface area contributed by atoms with E-state index in [1.54, 1.807) is 26.4 Å². The number of piperidine rings is 1. The lowest BCUT2D eigenvalue weighted by Crippen LogP contribution is -2.40. The van der Waals surface area contributed by atoms with E-state index in [0.29, 0.717) is 30.1 Å². The van der Waals surface area contributed by atoms with Gasteiger partial charge in [0.15, 0.2) is 5.82 Å². The molecule has 0 N–H and O–H groups in total. The molecule has 0 spiro atoms. The van der Waals surface area contributed by atoms with Crippen LogP contribution in [-0.4, -0.2) is 53.4 Å². The second-order valence-corrected chi connectivity index (χ2v) is 7.06. The van der Waals surface area contributed by atoms with Crippen LogP contribution in [0.3, 0.4) is 0 Å². The van der Waals surface area contributed by atoms with Gasteiger partial charge in [-0.1, -0.05) is 5.16 Å². The Hall–Kier alpha value is -2.97. The van der Waals surface area contributed by atoms with Gasteiger partial charge in [-0.2, -0.15) is 0 Å².